The van der Waals surface area contributed by atoms with E-state index in [-0.39, 0.29) is 109 Å². The van der Waals surface area contributed by atoms with E-state index in [1.165, 1.54) is 0 Å². The molecule has 0 fully saturated rings. The second-order valence-electron chi connectivity index (χ2n) is 15.6. The zero-order valence-electron chi connectivity index (χ0n) is 33.3. The summed E-state index contributed by atoms with van der Waals surface area (Å²) in [6.07, 6.45) is 0. The maximum atomic E-state index is 6.89. The Balaban J connectivity index is 1.19. The van der Waals surface area contributed by atoms with Crippen LogP contribution in [0.1, 0.15) is 0 Å². The molecule has 3 aromatic heterocycles. The predicted octanol–water partition coefficient (Wildman–Crippen LogP) is -10.3. The van der Waals surface area contributed by atoms with E-state index in [1.807, 2.05) is 53.1 Å². The highest BCUT2D eigenvalue weighted by molar-refractivity contribution is 6.73. The molecule has 36 radical (unpaired) electrons. The van der Waals surface area contributed by atoms with Gasteiger partial charge in [-0.05, 0) is 51.6 Å². The predicted molar refractivity (Wildman–Crippen MR) is 285 cm³/mol. The number of rotatable bonds is 3. The zero-order chi connectivity index (χ0) is 45.1. The zero-order valence-corrected chi connectivity index (χ0v) is 33.3. The molecule has 21 heteroatoms. The van der Waals surface area contributed by atoms with Crippen LogP contribution in [0.4, 0.5) is 0 Å². The van der Waals surface area contributed by atoms with E-state index < -0.39 is 0 Å². The summed E-state index contributed by atoms with van der Waals surface area (Å²) in [5, 5.41) is 2.39. The lowest BCUT2D eigenvalue weighted by Crippen LogP contribution is -2.49. The first-order valence-electron chi connectivity index (χ1n) is 19.1. The molecule has 0 saturated carbocycles. The summed E-state index contributed by atoms with van der Waals surface area (Å²) in [6.45, 7) is 0. The van der Waals surface area contributed by atoms with Crippen LogP contribution in [0.15, 0.2) is 52.9 Å². The van der Waals surface area contributed by atoms with Crippen LogP contribution in [-0.2, 0) is 0 Å². The van der Waals surface area contributed by atoms with E-state index in [1.54, 1.807) is 4.57 Å². The molecule has 0 unspecified atom stereocenters. The number of hydrogen-bond donors (Lipinski definition) is 0. The van der Waals surface area contributed by atoms with E-state index in [4.69, 9.17) is 146 Å². The van der Waals surface area contributed by atoms with Crippen molar-refractivity contribution in [3.05, 3.63) is 48.5 Å². The summed E-state index contributed by atoms with van der Waals surface area (Å²) >= 11 is 0. The summed E-state index contributed by atoms with van der Waals surface area (Å²) in [7, 11) is 117. The van der Waals surface area contributed by atoms with Crippen LogP contribution in [0, 0.1) is 0 Å². The van der Waals surface area contributed by atoms with Crippen LogP contribution in [0.5, 0.6) is 0 Å². The van der Waals surface area contributed by atoms with Gasteiger partial charge in [0.1, 0.15) is 147 Å². The Morgan fingerprint density at radius 3 is 0.873 bits per heavy atom. The lowest BCUT2D eigenvalue weighted by molar-refractivity contribution is 0.674. The fourth-order valence-corrected chi connectivity index (χ4v) is 9.07. The molecule has 0 aliphatic heterocycles. The van der Waals surface area contributed by atoms with Crippen molar-refractivity contribution in [2.75, 3.05) is 0 Å². The highest BCUT2D eigenvalue weighted by Gasteiger charge is 2.28. The fourth-order valence-electron chi connectivity index (χ4n) is 9.07. The smallest absolute Gasteiger partial charge is 0.159 e. The minimum Gasteiger partial charge on any atom is -0.455 e. The van der Waals surface area contributed by atoms with E-state index in [0.717, 1.165) is 11.1 Å². The Bertz CT molecular complexity index is 3680. The van der Waals surface area contributed by atoms with Crippen molar-refractivity contribution in [1.29, 1.82) is 0 Å². The first-order valence-corrected chi connectivity index (χ1v) is 19.1. The molecule has 3 heterocycles. The van der Waals surface area contributed by atoms with Gasteiger partial charge in [-0.1, -0.05) is 78.9 Å². The SMILES string of the molecule is [B]c1c([B])c([B])c2c(oc3c2c([B])c([B])c2c4c([B])c([B])c([B])c([B])c4n(-c4ccc(-c5ccc(-n6c7c([B])c([B])c([B])c([B])c7c7c([B])c([B])c([B])c([B])c76)cc5)cc4)c32)c1[B]. The minimum absolute atomic E-state index is 0.0579. The lowest BCUT2D eigenvalue weighted by Gasteiger charge is -2.18. The molecule has 0 atom stereocenters. The Labute approximate surface area is 387 Å². The van der Waals surface area contributed by atoms with Gasteiger partial charge in [-0.3, -0.25) is 0 Å². The third-order valence-corrected chi connectivity index (χ3v) is 12.4. The summed E-state index contributed by atoms with van der Waals surface area (Å²) < 4.78 is 10.1. The highest BCUT2D eigenvalue weighted by atomic mass is 16.3. The summed E-state index contributed by atoms with van der Waals surface area (Å²) in [5.41, 5.74) is 7.16. The van der Waals surface area contributed by atoms with Gasteiger partial charge in [0, 0.05) is 44.1 Å². The van der Waals surface area contributed by atoms with Gasteiger partial charge < -0.3 is 13.6 Å². The van der Waals surface area contributed by atoms with Crippen molar-refractivity contribution >= 4 is 305 Å². The molecule has 246 valence electrons. The van der Waals surface area contributed by atoms with Crippen LogP contribution in [0.25, 0.3) is 88.1 Å². The standard InChI is InChI=1S/C42H8B18N2O/c43-19-16-15-22(46)27(51)31(55)35(59)39(15)62(40(16)42-18(23(19)47)17-24(48)28(52)32(56)36(60)41(17)63-42)12-7-3-10(4-8-12)9-1-5-11(6-2-9)61-37-13(20(44)25(49)29(53)33(37)57)14-21(45)26(50)30(54)34(58)38(14)61/h1-8H. The summed E-state index contributed by atoms with van der Waals surface area (Å²) in [5.74, 6) is 0. The number of furan rings is 1. The molecular weight excluding hydrogens is 743 g/mol. The van der Waals surface area contributed by atoms with Gasteiger partial charge in [-0.15, -0.1) is 43.7 Å². The van der Waals surface area contributed by atoms with E-state index in [9.17, 15) is 0 Å². The number of nitrogens with zero attached hydrogens (tertiary/aromatic N) is 2. The van der Waals surface area contributed by atoms with Crippen molar-refractivity contribution in [1.82, 2.24) is 9.13 Å². The molecule has 7 aromatic carbocycles. The third-order valence-electron chi connectivity index (χ3n) is 12.4. The monoisotopic (exact) mass is 754 g/mol. The molecule has 63 heavy (non-hydrogen) atoms. The van der Waals surface area contributed by atoms with Gasteiger partial charge in [0.15, 0.2) is 5.58 Å². The highest BCUT2D eigenvalue weighted by Crippen LogP contribution is 2.37. The molecule has 0 bridgehead atoms. The molecule has 0 spiro atoms. The van der Waals surface area contributed by atoms with Gasteiger partial charge in [-0.25, -0.2) is 0 Å². The maximum Gasteiger partial charge on any atom is 0.159 e. The molecule has 0 N–H and O–H groups in total. The van der Waals surface area contributed by atoms with Crippen LogP contribution >= 0.6 is 0 Å². The average molecular weight is 751 g/mol. The number of benzene rings is 7. The second kappa shape index (κ2) is 14.3. The summed E-state index contributed by atoms with van der Waals surface area (Å²) in [4.78, 5) is 0. The van der Waals surface area contributed by atoms with Crippen LogP contribution in [0.3, 0.4) is 0 Å². The van der Waals surface area contributed by atoms with Crippen molar-refractivity contribution in [2.24, 2.45) is 0 Å². The number of aromatic nitrogens is 2. The second-order valence-corrected chi connectivity index (χ2v) is 15.6. The number of fused-ring (bicyclic) bond motifs is 10. The lowest BCUT2D eigenvalue weighted by atomic mass is 9.63. The van der Waals surface area contributed by atoms with Gasteiger partial charge in [0.2, 0.25) is 0 Å². The first-order chi connectivity index (χ1) is 29.8. The number of hydrogen-bond acceptors (Lipinski definition) is 1. The van der Waals surface area contributed by atoms with Crippen LogP contribution < -0.4 is 98.3 Å². The molecule has 10 rings (SSSR count). The summed E-state index contributed by atoms with van der Waals surface area (Å²) in [6, 6.07) is 15.2. The van der Waals surface area contributed by atoms with Crippen LogP contribution in [-0.4, -0.2) is 150 Å². The largest absolute Gasteiger partial charge is 0.455 e. The Kier molecular flexibility index (Phi) is 9.56. The van der Waals surface area contributed by atoms with E-state index in [0.29, 0.717) is 65.8 Å². The third kappa shape index (κ3) is 5.41. The first kappa shape index (κ1) is 42.1. The van der Waals surface area contributed by atoms with Crippen LogP contribution in [0.2, 0.25) is 0 Å². The molecule has 0 aliphatic rings. The van der Waals surface area contributed by atoms with Gasteiger partial charge in [0.25, 0.3) is 0 Å². The Morgan fingerprint density at radius 2 is 0.492 bits per heavy atom. The van der Waals surface area contributed by atoms with Crippen molar-refractivity contribution in [2.45, 2.75) is 0 Å². The maximum absolute atomic E-state index is 6.89. The fraction of sp³-hybridized carbons (Fsp3) is 0. The molecule has 0 amide bonds. The van der Waals surface area contributed by atoms with E-state index >= 15 is 0 Å². The van der Waals surface area contributed by atoms with E-state index in [2.05, 4.69) is 0 Å². The minimum atomic E-state index is 0.0579. The molecule has 3 nitrogen and oxygen atoms in total. The molecule has 10 aromatic rings. The van der Waals surface area contributed by atoms with Gasteiger partial charge in [-0.2, -0.15) is 0 Å². The topological polar surface area (TPSA) is 23.0 Å². The van der Waals surface area contributed by atoms with Crippen molar-refractivity contribution < 1.29 is 4.42 Å². The molecular formula is C42H8B18N2O. The van der Waals surface area contributed by atoms with Gasteiger partial charge in [0.05, 0.1) is 5.52 Å². The normalized spacial score (nSPS) is 12.0. The quantitative estimate of drug-likeness (QED) is 0.165. The molecule has 0 aliphatic carbocycles. The Morgan fingerprint density at radius 1 is 0.238 bits per heavy atom. The average Bonchev–Trinajstić information content (AvgIpc) is 3.98. The molecule has 0 saturated heterocycles. The van der Waals surface area contributed by atoms with Crippen molar-refractivity contribution in [3.8, 4) is 22.5 Å². The van der Waals surface area contributed by atoms with Crippen molar-refractivity contribution in [3.63, 3.8) is 0 Å². The Hall–Kier alpha value is -4.89. The van der Waals surface area contributed by atoms with Gasteiger partial charge >= 0.3 is 0 Å².